The van der Waals surface area contributed by atoms with Crippen LogP contribution in [-0.2, 0) is 10.0 Å². The van der Waals surface area contributed by atoms with Crippen molar-refractivity contribution < 1.29 is 13.2 Å². The number of nitrogens with zero attached hydrogens (tertiary/aromatic N) is 1. The molecule has 0 amide bonds. The summed E-state index contributed by atoms with van der Waals surface area (Å²) in [5.41, 5.74) is 0.832. The second kappa shape index (κ2) is 7.53. The molecular weight excluding hydrogens is 371 g/mol. The molecule has 0 heterocycles. The molecule has 2 aromatic carbocycles. The number of Topliss-reactive ketones (excluding diaryl/α,β-unsaturated/α-hetero) is 1. The molecule has 0 saturated carbocycles. The van der Waals surface area contributed by atoms with Crippen molar-refractivity contribution in [3.63, 3.8) is 0 Å². The Labute approximate surface area is 151 Å². The molecule has 24 heavy (non-hydrogen) atoms. The van der Waals surface area contributed by atoms with Gasteiger partial charge in [-0.1, -0.05) is 35.3 Å². The van der Waals surface area contributed by atoms with Crippen molar-refractivity contribution in [2.45, 2.75) is 4.90 Å². The van der Waals surface area contributed by atoms with Crippen LogP contribution >= 0.6 is 23.2 Å². The van der Waals surface area contributed by atoms with Gasteiger partial charge in [0, 0.05) is 24.7 Å². The average molecular weight is 387 g/mol. The maximum Gasteiger partial charge on any atom is 0.242 e. The van der Waals surface area contributed by atoms with Gasteiger partial charge in [0.1, 0.15) is 0 Å². The zero-order valence-corrected chi connectivity index (χ0v) is 15.4. The molecule has 8 heteroatoms. The van der Waals surface area contributed by atoms with E-state index in [2.05, 4.69) is 5.32 Å². The van der Waals surface area contributed by atoms with Crippen molar-refractivity contribution in [2.24, 2.45) is 0 Å². The van der Waals surface area contributed by atoms with E-state index in [0.717, 1.165) is 4.31 Å². The highest BCUT2D eigenvalue weighted by Gasteiger charge is 2.18. The molecule has 0 radical (unpaired) electrons. The molecule has 5 nitrogen and oxygen atoms in total. The summed E-state index contributed by atoms with van der Waals surface area (Å²) in [5.74, 6) is -0.262. The predicted molar refractivity (Wildman–Crippen MR) is 96.6 cm³/mol. The van der Waals surface area contributed by atoms with Gasteiger partial charge in [0.2, 0.25) is 10.0 Å². The van der Waals surface area contributed by atoms with Crippen molar-refractivity contribution in [3.05, 3.63) is 58.1 Å². The maximum atomic E-state index is 12.3. The van der Waals surface area contributed by atoms with Crippen molar-refractivity contribution in [1.29, 1.82) is 0 Å². The molecule has 128 valence electrons. The third-order valence-corrected chi connectivity index (χ3v) is 5.68. The van der Waals surface area contributed by atoms with E-state index in [9.17, 15) is 13.2 Å². The Bertz CT molecular complexity index is 867. The molecule has 0 saturated heterocycles. The topological polar surface area (TPSA) is 66.5 Å². The first-order valence-electron chi connectivity index (χ1n) is 6.96. The van der Waals surface area contributed by atoms with E-state index >= 15 is 0 Å². The Morgan fingerprint density at radius 1 is 1.12 bits per heavy atom. The molecule has 2 rings (SSSR count). The van der Waals surface area contributed by atoms with Gasteiger partial charge < -0.3 is 5.32 Å². The van der Waals surface area contributed by atoms with Crippen molar-refractivity contribution in [3.8, 4) is 0 Å². The summed E-state index contributed by atoms with van der Waals surface area (Å²) < 4.78 is 25.4. The summed E-state index contributed by atoms with van der Waals surface area (Å²) in [7, 11) is -0.716. The van der Waals surface area contributed by atoms with Crippen LogP contribution in [0.3, 0.4) is 0 Å². The van der Waals surface area contributed by atoms with Crippen LogP contribution in [-0.4, -0.2) is 39.1 Å². The smallest absolute Gasteiger partial charge is 0.242 e. The number of halogens is 2. The number of rotatable bonds is 6. The third-order valence-electron chi connectivity index (χ3n) is 3.30. The second-order valence-corrected chi connectivity index (χ2v) is 8.21. The Morgan fingerprint density at radius 2 is 1.83 bits per heavy atom. The first-order chi connectivity index (χ1) is 11.2. The van der Waals surface area contributed by atoms with Gasteiger partial charge in [0.05, 0.1) is 22.2 Å². The molecule has 0 spiro atoms. The van der Waals surface area contributed by atoms with E-state index in [4.69, 9.17) is 23.2 Å². The summed E-state index contributed by atoms with van der Waals surface area (Å²) in [6.07, 6.45) is 0. The lowest BCUT2D eigenvalue weighted by Gasteiger charge is -2.12. The number of hydrogen-bond acceptors (Lipinski definition) is 4. The molecule has 0 aliphatic carbocycles. The number of carbonyl (C=O) groups is 1. The van der Waals surface area contributed by atoms with E-state index in [1.165, 1.54) is 32.3 Å². The van der Waals surface area contributed by atoms with Crippen LogP contribution in [0.15, 0.2) is 47.4 Å². The van der Waals surface area contributed by atoms with Gasteiger partial charge in [0.15, 0.2) is 5.78 Å². The van der Waals surface area contributed by atoms with E-state index in [0.29, 0.717) is 21.3 Å². The quantitative estimate of drug-likeness (QED) is 0.770. The molecule has 0 aliphatic heterocycles. The van der Waals surface area contributed by atoms with Crippen LogP contribution in [0, 0.1) is 0 Å². The maximum absolute atomic E-state index is 12.3. The lowest BCUT2D eigenvalue weighted by Crippen LogP contribution is -2.22. The van der Waals surface area contributed by atoms with Crippen molar-refractivity contribution in [2.75, 3.05) is 26.0 Å². The zero-order valence-electron chi connectivity index (χ0n) is 13.1. The van der Waals surface area contributed by atoms with Gasteiger partial charge in [-0.2, -0.15) is 0 Å². The average Bonchev–Trinajstić information content (AvgIpc) is 2.55. The molecule has 0 fully saturated rings. The lowest BCUT2D eigenvalue weighted by molar-refractivity contribution is 0.101. The lowest BCUT2D eigenvalue weighted by atomic mass is 10.1. The summed E-state index contributed by atoms with van der Waals surface area (Å²) in [6.45, 7) is -0.0362. The minimum atomic E-state index is -3.59. The first-order valence-corrected chi connectivity index (χ1v) is 9.16. The van der Waals surface area contributed by atoms with Crippen LogP contribution in [0.2, 0.25) is 10.0 Å². The van der Waals surface area contributed by atoms with Crippen LogP contribution < -0.4 is 5.32 Å². The summed E-state index contributed by atoms with van der Waals surface area (Å²) in [4.78, 5) is 12.4. The number of carbonyl (C=O) groups excluding carboxylic acids is 1. The fourth-order valence-corrected chi connectivity index (χ4v) is 3.26. The summed E-state index contributed by atoms with van der Waals surface area (Å²) in [5, 5.41) is 3.84. The van der Waals surface area contributed by atoms with Gasteiger partial charge in [-0.05, 0) is 30.3 Å². The molecule has 0 bridgehead atoms. The molecule has 0 aromatic heterocycles. The number of hydrogen-bond donors (Lipinski definition) is 1. The standard InChI is InChI=1S/C16H16Cl2N2O3S/c1-20(2)24(22,23)13-5-3-4-11(8-13)16(21)10-19-15-9-12(17)6-7-14(15)18/h3-9,19H,10H2,1-2H3. The zero-order chi connectivity index (χ0) is 17.9. The number of nitrogens with one attached hydrogen (secondary N) is 1. The van der Waals surface area contributed by atoms with Crippen LogP contribution in [0.25, 0.3) is 0 Å². The molecule has 0 aliphatic rings. The predicted octanol–water partition coefficient (Wildman–Crippen LogP) is 3.54. The highest BCUT2D eigenvalue weighted by Crippen LogP contribution is 2.25. The molecular formula is C16H16Cl2N2O3S. The van der Waals surface area contributed by atoms with E-state index < -0.39 is 10.0 Å². The Hall–Kier alpha value is -1.60. The summed E-state index contributed by atoms with van der Waals surface area (Å²) >= 11 is 11.9. The van der Waals surface area contributed by atoms with Gasteiger partial charge in [0.25, 0.3) is 0 Å². The fraction of sp³-hybridized carbons (Fsp3) is 0.188. The van der Waals surface area contributed by atoms with Gasteiger partial charge in [-0.3, -0.25) is 4.79 Å². The highest BCUT2D eigenvalue weighted by atomic mass is 35.5. The number of benzene rings is 2. The van der Waals surface area contributed by atoms with E-state index in [1.54, 1.807) is 24.3 Å². The second-order valence-electron chi connectivity index (χ2n) is 5.22. The summed E-state index contributed by atoms with van der Waals surface area (Å²) in [6, 6.07) is 10.8. The first kappa shape index (κ1) is 18.7. The fourth-order valence-electron chi connectivity index (χ4n) is 1.95. The Kier molecular flexibility index (Phi) is 5.87. The van der Waals surface area contributed by atoms with E-state index in [1.807, 2.05) is 0 Å². The third kappa shape index (κ3) is 4.27. The van der Waals surface area contributed by atoms with Gasteiger partial charge in [-0.25, -0.2) is 12.7 Å². The minimum Gasteiger partial charge on any atom is -0.376 e. The number of sulfonamides is 1. The van der Waals surface area contributed by atoms with Crippen LogP contribution in [0.5, 0.6) is 0 Å². The SMILES string of the molecule is CN(C)S(=O)(=O)c1cccc(C(=O)CNc2cc(Cl)ccc2Cl)c1. The highest BCUT2D eigenvalue weighted by molar-refractivity contribution is 7.89. The van der Waals surface area contributed by atoms with Gasteiger partial charge in [-0.15, -0.1) is 0 Å². The van der Waals surface area contributed by atoms with Gasteiger partial charge >= 0.3 is 0 Å². The molecule has 0 atom stereocenters. The monoisotopic (exact) mass is 386 g/mol. The number of anilines is 1. The minimum absolute atomic E-state index is 0.0362. The van der Waals surface area contributed by atoms with E-state index in [-0.39, 0.29) is 17.2 Å². The number of ketones is 1. The molecule has 0 unspecified atom stereocenters. The largest absolute Gasteiger partial charge is 0.376 e. The van der Waals surface area contributed by atoms with Crippen molar-refractivity contribution in [1.82, 2.24) is 4.31 Å². The normalized spacial score (nSPS) is 11.5. The van der Waals surface area contributed by atoms with Crippen LogP contribution in [0.4, 0.5) is 5.69 Å². The Morgan fingerprint density at radius 3 is 2.50 bits per heavy atom. The molecule has 1 N–H and O–H groups in total. The Balaban J connectivity index is 2.18. The van der Waals surface area contributed by atoms with Crippen molar-refractivity contribution >= 4 is 44.7 Å². The van der Waals surface area contributed by atoms with Crippen LogP contribution in [0.1, 0.15) is 10.4 Å². The molecule has 2 aromatic rings.